The molecule has 0 radical (unpaired) electrons. The van der Waals surface area contributed by atoms with Crippen molar-refractivity contribution in [3.8, 4) is 0 Å². The molecule has 0 amide bonds. The highest BCUT2D eigenvalue weighted by Gasteiger charge is 2.38. The van der Waals surface area contributed by atoms with Crippen molar-refractivity contribution in [3.05, 3.63) is 29.6 Å². The molecule has 2 heterocycles. The predicted molar refractivity (Wildman–Crippen MR) is 187 cm³/mol. The summed E-state index contributed by atoms with van der Waals surface area (Å²) in [7, 11) is 0. The van der Waals surface area contributed by atoms with Crippen LogP contribution in [0.2, 0.25) is 0 Å². The molecule has 2 nitrogen and oxygen atoms in total. The maximum Gasteiger partial charge on any atom is 0.157 e. The van der Waals surface area contributed by atoms with E-state index in [1.807, 2.05) is 26.2 Å². The lowest BCUT2D eigenvalue weighted by Crippen LogP contribution is -2.46. The number of ether oxygens (including phenoxy) is 1. The van der Waals surface area contributed by atoms with E-state index in [1.54, 1.807) is 0 Å². The Labute approximate surface area is 269 Å². The first-order valence-electron chi connectivity index (χ1n) is 18.3. The van der Waals surface area contributed by atoms with Gasteiger partial charge in [-0.05, 0) is 97.5 Å². The zero-order valence-electron chi connectivity index (χ0n) is 30.7. The Hall–Kier alpha value is -0.960. The van der Waals surface area contributed by atoms with Gasteiger partial charge in [0.05, 0.1) is 13.2 Å². The Bertz CT molecular complexity index is 780. The van der Waals surface area contributed by atoms with Crippen molar-refractivity contribution in [3.63, 3.8) is 0 Å². The summed E-state index contributed by atoms with van der Waals surface area (Å²) in [5, 5.41) is 0. The van der Waals surface area contributed by atoms with E-state index in [0.29, 0.717) is 25.6 Å². The van der Waals surface area contributed by atoms with Crippen molar-refractivity contribution in [2.24, 2.45) is 47.3 Å². The second kappa shape index (κ2) is 21.7. The Morgan fingerprint density at radius 1 is 0.674 bits per heavy atom. The molecule has 252 valence electrons. The molecule has 43 heavy (non-hydrogen) atoms. The summed E-state index contributed by atoms with van der Waals surface area (Å²) in [4.78, 5) is 4.14. The van der Waals surface area contributed by atoms with Crippen LogP contribution in [0.5, 0.6) is 0 Å². The van der Waals surface area contributed by atoms with E-state index in [0.717, 1.165) is 47.8 Å². The number of hydrogen-bond acceptors (Lipinski definition) is 2. The summed E-state index contributed by atoms with van der Waals surface area (Å²) in [6.07, 6.45) is 22.1. The van der Waals surface area contributed by atoms with Crippen LogP contribution in [0.25, 0.3) is 0 Å². The number of hydrogen-bond donors (Lipinski definition) is 0. The Kier molecular flexibility index (Phi) is 20.2. The number of halogens is 1. The highest BCUT2D eigenvalue weighted by atomic mass is 19.1. The first-order chi connectivity index (χ1) is 20.2. The van der Waals surface area contributed by atoms with E-state index in [1.165, 1.54) is 81.8 Å². The molecule has 1 aromatic heterocycles. The number of nitrogens with zero attached hydrogens (tertiary/aromatic N) is 1. The number of aromatic nitrogens is 1. The molecule has 0 atom stereocenters. The first kappa shape index (κ1) is 40.1. The summed E-state index contributed by atoms with van der Waals surface area (Å²) in [5.74, 6) is 7.30. The summed E-state index contributed by atoms with van der Waals surface area (Å²) in [6, 6.07) is 2.20. The standard InChI is InChI=1S/C10H15N.2C8H16.C7H13FO.C7H14/c1-8(2)4-10-5-9(3)6-11-7-10;2*1-7(2)6-8-4-3-5-8;1-6(2)3-7(8)4-9-5-7;1-6(2)5-7-3-4-7/h5-8H,4H2,1-3H3;2*7-8H,3-6H2,1-2H3;6H,3-5H2,1-2H3;6-7H,3-5H2,1-2H3. The van der Waals surface area contributed by atoms with Crippen LogP contribution >= 0.6 is 0 Å². The van der Waals surface area contributed by atoms with E-state index in [2.05, 4.69) is 73.4 Å². The smallest absolute Gasteiger partial charge is 0.157 e. The van der Waals surface area contributed by atoms with Crippen molar-refractivity contribution in [1.29, 1.82) is 0 Å². The van der Waals surface area contributed by atoms with Gasteiger partial charge in [0, 0.05) is 12.4 Å². The number of pyridine rings is 1. The zero-order chi connectivity index (χ0) is 32.4. The highest BCUT2D eigenvalue weighted by molar-refractivity contribution is 5.16. The van der Waals surface area contributed by atoms with E-state index >= 15 is 0 Å². The SMILES string of the molecule is CC(C)CC1(F)COC1.CC(C)CC1CC1.CC(C)CC1CCC1.CC(C)CC1CCC1.Cc1cncc(CC(C)C)c1. The molecular weight excluding hydrogens is 529 g/mol. The van der Waals surface area contributed by atoms with Gasteiger partial charge in [-0.3, -0.25) is 4.98 Å². The third kappa shape index (κ3) is 22.2. The van der Waals surface area contributed by atoms with Crippen molar-refractivity contribution < 1.29 is 9.13 Å². The fourth-order valence-corrected chi connectivity index (χ4v) is 6.18. The topological polar surface area (TPSA) is 22.1 Å². The average Bonchev–Trinajstić information content (AvgIpc) is 3.62. The van der Waals surface area contributed by atoms with Crippen LogP contribution in [0.4, 0.5) is 4.39 Å². The van der Waals surface area contributed by atoms with E-state index in [9.17, 15) is 4.39 Å². The molecule has 0 spiro atoms. The molecule has 3 aliphatic carbocycles. The second-order valence-corrected chi connectivity index (χ2v) is 16.6. The molecule has 4 aliphatic rings. The van der Waals surface area contributed by atoms with Crippen molar-refractivity contribution in [1.82, 2.24) is 4.98 Å². The minimum atomic E-state index is -0.978. The fraction of sp³-hybridized carbons (Fsp3) is 0.875. The third-order valence-electron chi connectivity index (χ3n) is 8.63. The van der Waals surface area contributed by atoms with Crippen LogP contribution in [0.15, 0.2) is 18.5 Å². The summed E-state index contributed by atoms with van der Waals surface area (Å²) in [6.45, 7) is 25.1. The van der Waals surface area contributed by atoms with E-state index < -0.39 is 5.67 Å². The summed E-state index contributed by atoms with van der Waals surface area (Å²) < 4.78 is 17.8. The van der Waals surface area contributed by atoms with Gasteiger partial charge in [0.1, 0.15) is 0 Å². The van der Waals surface area contributed by atoms with Gasteiger partial charge in [0.2, 0.25) is 0 Å². The van der Waals surface area contributed by atoms with Crippen LogP contribution in [0.1, 0.15) is 157 Å². The van der Waals surface area contributed by atoms with Gasteiger partial charge in [0.25, 0.3) is 0 Å². The molecule has 4 fully saturated rings. The fourth-order valence-electron chi connectivity index (χ4n) is 6.18. The molecular formula is C40H74FNO. The number of aryl methyl sites for hydroxylation is 1. The van der Waals surface area contributed by atoms with Crippen LogP contribution in [0, 0.1) is 54.3 Å². The zero-order valence-corrected chi connectivity index (χ0v) is 30.7. The molecule has 0 unspecified atom stereocenters. The molecule has 3 saturated carbocycles. The van der Waals surface area contributed by atoms with E-state index in [4.69, 9.17) is 4.74 Å². The second-order valence-electron chi connectivity index (χ2n) is 16.6. The van der Waals surface area contributed by atoms with Crippen molar-refractivity contribution in [2.45, 2.75) is 165 Å². The number of alkyl halides is 1. The first-order valence-corrected chi connectivity index (χ1v) is 18.3. The Balaban J connectivity index is 0.000000271. The normalized spacial score (nSPS) is 19.1. The molecule has 0 bridgehead atoms. The van der Waals surface area contributed by atoms with E-state index in [-0.39, 0.29) is 0 Å². The van der Waals surface area contributed by atoms with Gasteiger partial charge < -0.3 is 4.74 Å². The maximum atomic E-state index is 13.0. The lowest BCUT2D eigenvalue weighted by molar-refractivity contribution is -0.138. The van der Waals surface area contributed by atoms with Crippen LogP contribution in [-0.2, 0) is 11.2 Å². The lowest BCUT2D eigenvalue weighted by Gasteiger charge is -2.34. The minimum Gasteiger partial charge on any atom is -0.375 e. The molecule has 1 aromatic rings. The van der Waals surface area contributed by atoms with Gasteiger partial charge in [-0.15, -0.1) is 0 Å². The van der Waals surface area contributed by atoms with Crippen LogP contribution in [-0.4, -0.2) is 23.9 Å². The van der Waals surface area contributed by atoms with Crippen molar-refractivity contribution >= 4 is 0 Å². The van der Waals surface area contributed by atoms with Gasteiger partial charge in [0.15, 0.2) is 5.67 Å². The van der Waals surface area contributed by atoms with Crippen LogP contribution < -0.4 is 0 Å². The van der Waals surface area contributed by atoms with Gasteiger partial charge in [-0.2, -0.15) is 0 Å². The molecule has 0 aromatic carbocycles. The molecule has 5 rings (SSSR count). The van der Waals surface area contributed by atoms with Crippen LogP contribution in [0.3, 0.4) is 0 Å². The predicted octanol–water partition coefficient (Wildman–Crippen LogP) is 12.5. The number of rotatable bonds is 10. The summed E-state index contributed by atoms with van der Waals surface area (Å²) in [5.41, 5.74) is 1.62. The van der Waals surface area contributed by atoms with Gasteiger partial charge >= 0.3 is 0 Å². The van der Waals surface area contributed by atoms with Gasteiger partial charge in [-0.25, -0.2) is 4.39 Å². The molecule has 1 saturated heterocycles. The van der Waals surface area contributed by atoms with Gasteiger partial charge in [-0.1, -0.05) is 127 Å². The minimum absolute atomic E-state index is 0.311. The maximum absolute atomic E-state index is 13.0. The third-order valence-corrected chi connectivity index (χ3v) is 8.63. The Morgan fingerprint density at radius 2 is 1.12 bits per heavy atom. The monoisotopic (exact) mass is 604 g/mol. The quantitative estimate of drug-likeness (QED) is 0.265. The summed E-state index contributed by atoms with van der Waals surface area (Å²) >= 11 is 0. The lowest BCUT2D eigenvalue weighted by atomic mass is 9.80. The average molecular weight is 604 g/mol. The van der Waals surface area contributed by atoms with Crippen molar-refractivity contribution in [2.75, 3.05) is 13.2 Å². The molecule has 1 aliphatic heterocycles. The Morgan fingerprint density at radius 3 is 1.33 bits per heavy atom. The molecule has 0 N–H and O–H groups in total. The molecule has 3 heteroatoms. The largest absolute Gasteiger partial charge is 0.375 e. The highest BCUT2D eigenvalue weighted by Crippen LogP contribution is 2.35.